The second-order valence-electron chi connectivity index (χ2n) is 4.59. The average molecular weight is 297 g/mol. The van der Waals surface area contributed by atoms with Gasteiger partial charge >= 0.3 is 5.97 Å². The van der Waals surface area contributed by atoms with Gasteiger partial charge < -0.3 is 10.4 Å². The summed E-state index contributed by atoms with van der Waals surface area (Å²) in [6.45, 7) is 1.67. The fourth-order valence-corrected chi connectivity index (χ4v) is 3.63. The van der Waals surface area contributed by atoms with Gasteiger partial charge in [0.25, 0.3) is 0 Å². The molecule has 0 aromatic heterocycles. The molecule has 0 rings (SSSR count). The largest absolute Gasteiger partial charge is 0.480 e. The third-order valence-electron chi connectivity index (χ3n) is 2.84. The number of hydrogen-bond donors (Lipinski definition) is 2. The monoisotopic (exact) mass is 297 g/mol. The van der Waals surface area contributed by atoms with Crippen molar-refractivity contribution < 1.29 is 18.3 Å². The Kier molecular flexibility index (Phi) is 7.89. The predicted molar refractivity (Wildman–Crippen MR) is 76.0 cm³/mol. The lowest BCUT2D eigenvalue weighted by molar-refractivity contribution is -0.144. The average Bonchev–Trinajstić information content (AvgIpc) is 2.25. The van der Waals surface area contributed by atoms with Crippen LogP contribution in [0.3, 0.4) is 0 Å². The number of unbranched alkanes of at least 4 members (excludes halogenated alkanes) is 1. The van der Waals surface area contributed by atoms with Crippen molar-refractivity contribution in [1.82, 2.24) is 5.32 Å². The number of thioether (sulfide) groups is 1. The summed E-state index contributed by atoms with van der Waals surface area (Å²) in [5, 5.41) is 11.8. The van der Waals surface area contributed by atoms with Crippen LogP contribution >= 0.6 is 11.8 Å². The van der Waals surface area contributed by atoms with Gasteiger partial charge in [-0.2, -0.15) is 11.8 Å². The Morgan fingerprint density at radius 3 is 2.39 bits per heavy atom. The Morgan fingerprint density at radius 2 is 1.94 bits per heavy atom. The molecule has 0 saturated carbocycles. The Labute approximate surface area is 114 Å². The zero-order valence-corrected chi connectivity index (χ0v) is 12.9. The molecule has 0 aliphatic heterocycles. The van der Waals surface area contributed by atoms with Gasteiger partial charge in [0.1, 0.15) is 15.4 Å². The molecule has 0 aromatic rings. The summed E-state index contributed by atoms with van der Waals surface area (Å²) in [6.07, 6.45) is 3.53. The Balaban J connectivity index is 3.65. The number of aliphatic carboxylic acids is 1. The third-order valence-corrected chi connectivity index (χ3v) is 5.11. The zero-order valence-electron chi connectivity index (χ0n) is 11.2. The summed E-state index contributed by atoms with van der Waals surface area (Å²) in [4.78, 5) is 11.0. The minimum absolute atomic E-state index is 0.209. The third kappa shape index (κ3) is 7.94. The molecule has 0 radical (unpaired) electrons. The number of hydrogen-bond acceptors (Lipinski definition) is 5. The molecule has 0 aliphatic rings. The van der Waals surface area contributed by atoms with E-state index in [1.54, 1.807) is 25.7 Å². The second kappa shape index (κ2) is 8.01. The first kappa shape index (κ1) is 17.7. The van der Waals surface area contributed by atoms with E-state index in [1.807, 2.05) is 0 Å². The molecule has 2 N–H and O–H groups in total. The van der Waals surface area contributed by atoms with Gasteiger partial charge in [0.2, 0.25) is 0 Å². The maximum Gasteiger partial charge on any atom is 0.323 e. The summed E-state index contributed by atoms with van der Waals surface area (Å²) in [6, 6.07) is 0. The second-order valence-corrected chi connectivity index (χ2v) is 8.07. The molecule has 0 aliphatic carbocycles. The van der Waals surface area contributed by atoms with Crippen LogP contribution in [0, 0.1) is 0 Å². The molecule has 0 amide bonds. The van der Waals surface area contributed by atoms with Crippen molar-refractivity contribution in [3.8, 4) is 0 Å². The van der Waals surface area contributed by atoms with Crippen LogP contribution in [0.15, 0.2) is 0 Å². The van der Waals surface area contributed by atoms with Gasteiger partial charge in [-0.05, 0) is 32.6 Å². The molecule has 7 heteroatoms. The number of carbonyl (C=O) groups is 1. The maximum atomic E-state index is 11.0. The molecule has 0 bridgehead atoms. The lowest BCUT2D eigenvalue weighted by atomic mass is 9.95. The molecule has 0 heterocycles. The maximum absolute atomic E-state index is 11.0. The lowest BCUT2D eigenvalue weighted by Gasteiger charge is -2.23. The van der Waals surface area contributed by atoms with Crippen molar-refractivity contribution in [3.05, 3.63) is 0 Å². The summed E-state index contributed by atoms with van der Waals surface area (Å²) in [7, 11) is -1.22. The number of rotatable bonds is 10. The van der Waals surface area contributed by atoms with Crippen molar-refractivity contribution >= 4 is 27.6 Å². The highest BCUT2D eigenvalue weighted by Crippen LogP contribution is 2.15. The number of nitrogens with one attached hydrogen (secondary N) is 1. The molecular weight excluding hydrogens is 274 g/mol. The Hall–Kier alpha value is -0.270. The van der Waals surface area contributed by atoms with Crippen LogP contribution in [-0.4, -0.2) is 55.6 Å². The minimum Gasteiger partial charge on any atom is -0.480 e. The van der Waals surface area contributed by atoms with E-state index in [0.29, 0.717) is 12.2 Å². The molecule has 1 unspecified atom stereocenters. The summed E-state index contributed by atoms with van der Waals surface area (Å²) >= 11 is 1.60. The molecule has 108 valence electrons. The van der Waals surface area contributed by atoms with Gasteiger partial charge in [-0.25, -0.2) is 8.42 Å². The van der Waals surface area contributed by atoms with Gasteiger partial charge in [-0.1, -0.05) is 6.42 Å². The van der Waals surface area contributed by atoms with E-state index in [-0.39, 0.29) is 5.75 Å². The van der Waals surface area contributed by atoms with Crippen LogP contribution in [0.5, 0.6) is 0 Å². The standard InChI is InChI=1S/C11H23NO4S2/c1-11(12-2,10(13)14)6-4-5-7-17-8-9-18(3,15)16/h12H,4-9H2,1-3H3,(H,13,14). The SMILES string of the molecule is CNC(C)(CCCCSCCS(C)(=O)=O)C(=O)O. The highest BCUT2D eigenvalue weighted by Gasteiger charge is 2.29. The first-order valence-corrected chi connectivity index (χ1v) is 9.10. The molecular formula is C11H23NO4S2. The van der Waals surface area contributed by atoms with E-state index in [9.17, 15) is 13.2 Å². The molecule has 5 nitrogen and oxygen atoms in total. The van der Waals surface area contributed by atoms with E-state index in [1.165, 1.54) is 6.26 Å². The topological polar surface area (TPSA) is 83.5 Å². The Morgan fingerprint density at radius 1 is 1.33 bits per heavy atom. The van der Waals surface area contributed by atoms with Crippen LogP contribution in [0.1, 0.15) is 26.2 Å². The fourth-order valence-electron chi connectivity index (χ4n) is 1.33. The van der Waals surface area contributed by atoms with Gasteiger partial charge in [0, 0.05) is 12.0 Å². The normalized spacial score (nSPS) is 15.3. The van der Waals surface area contributed by atoms with E-state index < -0.39 is 21.3 Å². The van der Waals surface area contributed by atoms with Crippen LogP contribution in [0.4, 0.5) is 0 Å². The van der Waals surface area contributed by atoms with Gasteiger partial charge in [0.05, 0.1) is 5.75 Å². The highest BCUT2D eigenvalue weighted by atomic mass is 32.2. The first-order chi connectivity index (χ1) is 8.21. The molecule has 0 fully saturated rings. The quantitative estimate of drug-likeness (QED) is 0.585. The van der Waals surface area contributed by atoms with Crippen molar-refractivity contribution in [1.29, 1.82) is 0 Å². The first-order valence-electron chi connectivity index (χ1n) is 5.89. The van der Waals surface area contributed by atoms with E-state index in [0.717, 1.165) is 18.6 Å². The van der Waals surface area contributed by atoms with E-state index >= 15 is 0 Å². The minimum atomic E-state index is -2.86. The molecule has 0 aromatic carbocycles. The summed E-state index contributed by atoms with van der Waals surface area (Å²) in [5.74, 6) is 0.853. The Bertz CT molecular complexity index is 356. The van der Waals surface area contributed by atoms with Crippen molar-refractivity contribution in [2.24, 2.45) is 0 Å². The summed E-state index contributed by atoms with van der Waals surface area (Å²) in [5.41, 5.74) is -0.864. The molecule has 18 heavy (non-hydrogen) atoms. The lowest BCUT2D eigenvalue weighted by Crippen LogP contribution is -2.47. The van der Waals surface area contributed by atoms with Crippen molar-refractivity contribution in [3.63, 3.8) is 0 Å². The van der Waals surface area contributed by atoms with Gasteiger partial charge in [-0.15, -0.1) is 0 Å². The van der Waals surface area contributed by atoms with Crippen LogP contribution < -0.4 is 5.32 Å². The highest BCUT2D eigenvalue weighted by molar-refractivity contribution is 8.00. The molecule has 1 atom stereocenters. The van der Waals surface area contributed by atoms with Crippen molar-refractivity contribution in [2.45, 2.75) is 31.7 Å². The van der Waals surface area contributed by atoms with Crippen LogP contribution in [-0.2, 0) is 14.6 Å². The van der Waals surface area contributed by atoms with Crippen LogP contribution in [0.25, 0.3) is 0 Å². The van der Waals surface area contributed by atoms with E-state index in [4.69, 9.17) is 5.11 Å². The number of sulfone groups is 1. The predicted octanol–water partition coefficient (Wildman–Crippen LogP) is 0.997. The number of carboxylic acids is 1. The smallest absolute Gasteiger partial charge is 0.323 e. The fraction of sp³-hybridized carbons (Fsp3) is 0.909. The number of likely N-dealkylation sites (N-methyl/N-ethyl adjacent to an activating group) is 1. The van der Waals surface area contributed by atoms with Gasteiger partial charge in [0.15, 0.2) is 0 Å². The zero-order chi connectivity index (χ0) is 14.2. The molecule has 0 saturated heterocycles. The molecule has 0 spiro atoms. The van der Waals surface area contributed by atoms with Crippen LogP contribution in [0.2, 0.25) is 0 Å². The van der Waals surface area contributed by atoms with Gasteiger partial charge in [-0.3, -0.25) is 4.79 Å². The van der Waals surface area contributed by atoms with Crippen molar-refractivity contribution in [2.75, 3.05) is 30.6 Å². The number of carboxylic acid groups (broad SMARTS) is 1. The summed E-state index contributed by atoms with van der Waals surface area (Å²) < 4.78 is 21.8. The van der Waals surface area contributed by atoms with E-state index in [2.05, 4.69) is 5.32 Å².